The third-order valence-electron chi connectivity index (χ3n) is 5.93. The molecule has 5 rings (SSSR count). The van der Waals surface area contributed by atoms with E-state index in [1.54, 1.807) is 17.2 Å². The zero-order valence-electron chi connectivity index (χ0n) is 16.6. The molecule has 0 radical (unpaired) electrons. The van der Waals surface area contributed by atoms with Crippen LogP contribution in [-0.2, 0) is 4.79 Å². The van der Waals surface area contributed by atoms with E-state index in [1.807, 2.05) is 0 Å². The molecular formula is C22H17BrClF2N5O. The molecule has 2 aliphatic rings. The molecule has 1 saturated heterocycles. The zero-order chi connectivity index (χ0) is 22.6. The lowest BCUT2D eigenvalue weighted by Crippen LogP contribution is -2.39. The molecule has 0 aliphatic carbocycles. The summed E-state index contributed by atoms with van der Waals surface area (Å²) in [4.78, 5) is 26.1. The summed E-state index contributed by atoms with van der Waals surface area (Å²) in [6, 6.07) is 5.80. The van der Waals surface area contributed by atoms with Crippen molar-refractivity contribution in [3.63, 3.8) is 0 Å². The van der Waals surface area contributed by atoms with E-state index in [1.165, 1.54) is 24.3 Å². The predicted octanol–water partition coefficient (Wildman–Crippen LogP) is 5.27. The quantitative estimate of drug-likeness (QED) is 0.364. The van der Waals surface area contributed by atoms with E-state index < -0.39 is 11.8 Å². The number of hydrogen-bond donors (Lipinski definition) is 2. The van der Waals surface area contributed by atoms with Crippen molar-refractivity contribution >= 4 is 44.8 Å². The van der Waals surface area contributed by atoms with Gasteiger partial charge in [-0.15, -0.1) is 0 Å². The summed E-state index contributed by atoms with van der Waals surface area (Å²) in [5, 5.41) is 0.00998. The molecule has 4 heterocycles. The van der Waals surface area contributed by atoms with Gasteiger partial charge in [0, 0.05) is 28.4 Å². The third kappa shape index (κ3) is 3.49. The first-order valence-electron chi connectivity index (χ1n) is 9.98. The van der Waals surface area contributed by atoms with E-state index in [2.05, 4.69) is 30.9 Å². The van der Waals surface area contributed by atoms with Gasteiger partial charge in [0.25, 0.3) is 0 Å². The Morgan fingerprint density at radius 1 is 1.19 bits per heavy atom. The molecule has 1 aromatic carbocycles. The summed E-state index contributed by atoms with van der Waals surface area (Å²) in [6.45, 7) is 0. The molecule has 32 heavy (non-hydrogen) atoms. The van der Waals surface area contributed by atoms with Crippen LogP contribution in [0.5, 0.6) is 0 Å². The minimum atomic E-state index is -0.705. The Hall–Kier alpha value is -2.78. The van der Waals surface area contributed by atoms with Crippen LogP contribution in [0.15, 0.2) is 41.0 Å². The monoisotopic (exact) mass is 519 g/mol. The number of imidazole rings is 1. The second-order valence-corrected chi connectivity index (χ2v) is 9.09. The van der Waals surface area contributed by atoms with Gasteiger partial charge < -0.3 is 15.6 Å². The average Bonchev–Trinajstić information content (AvgIpc) is 3.38. The number of nitrogens with two attached hydrogens (primary N) is 1. The van der Waals surface area contributed by atoms with Gasteiger partial charge in [0.2, 0.25) is 11.9 Å². The van der Waals surface area contributed by atoms with Gasteiger partial charge in [0.05, 0.1) is 22.3 Å². The molecule has 164 valence electrons. The lowest BCUT2D eigenvalue weighted by Gasteiger charge is -2.33. The van der Waals surface area contributed by atoms with Crippen molar-refractivity contribution in [3.05, 3.63) is 69.2 Å². The fourth-order valence-electron chi connectivity index (χ4n) is 4.50. The molecule has 0 spiro atoms. The molecule has 2 aliphatic heterocycles. The summed E-state index contributed by atoms with van der Waals surface area (Å²) in [6.07, 6.45) is 4.98. The first kappa shape index (κ1) is 21.1. The summed E-state index contributed by atoms with van der Waals surface area (Å²) >= 11 is 9.33. The van der Waals surface area contributed by atoms with Gasteiger partial charge >= 0.3 is 0 Å². The van der Waals surface area contributed by atoms with Crippen LogP contribution in [0.4, 0.5) is 14.6 Å². The fourth-order valence-corrected chi connectivity index (χ4v) is 5.22. The van der Waals surface area contributed by atoms with E-state index in [4.69, 9.17) is 17.3 Å². The number of H-pyrrole nitrogens is 1. The largest absolute Gasteiger partial charge is 0.384 e. The topological polar surface area (TPSA) is 87.9 Å². The molecular weight excluding hydrogens is 504 g/mol. The SMILES string of the molecule is Nc1ccc(-c2c[nH]c([C@@H]3CCC4CC(c5c(Br)ccc(Cl)c5F)=CC(=O)N43)n2)c(F)n1. The Morgan fingerprint density at radius 3 is 2.78 bits per heavy atom. The highest BCUT2D eigenvalue weighted by Gasteiger charge is 2.42. The first-order valence-corrected chi connectivity index (χ1v) is 11.1. The highest BCUT2D eigenvalue weighted by molar-refractivity contribution is 9.10. The van der Waals surface area contributed by atoms with Gasteiger partial charge in [0.1, 0.15) is 17.5 Å². The Kier molecular flexibility index (Phi) is 5.25. The molecule has 1 fully saturated rings. The number of fused-ring (bicyclic) bond motifs is 1. The van der Waals surface area contributed by atoms with E-state index in [-0.39, 0.29) is 34.4 Å². The minimum absolute atomic E-state index is 0.00998. The standard InChI is InChI=1S/C22H17BrClF2N5O/c23-13-3-4-14(24)20(25)19(13)10-7-11-1-5-16(31(11)18(32)8-10)22-28-9-15(29-22)12-2-6-17(27)30-21(12)26/h2-4,6,8-9,11,16H,1,5,7H2,(H2,27,30)(H,28,29)/t11?,16-/m0/s1. The lowest BCUT2D eigenvalue weighted by atomic mass is 9.93. The fraction of sp³-hybridized carbons (Fsp3) is 0.227. The van der Waals surface area contributed by atoms with Gasteiger partial charge in [-0.3, -0.25) is 4.79 Å². The number of rotatable bonds is 3. The zero-order valence-corrected chi connectivity index (χ0v) is 18.9. The molecule has 6 nitrogen and oxygen atoms in total. The Labute approximate surface area is 195 Å². The van der Waals surface area contributed by atoms with Crippen molar-refractivity contribution in [2.45, 2.75) is 31.3 Å². The van der Waals surface area contributed by atoms with Gasteiger partial charge in [-0.25, -0.2) is 14.4 Å². The smallest absolute Gasteiger partial charge is 0.247 e. The van der Waals surface area contributed by atoms with Crippen molar-refractivity contribution in [1.29, 1.82) is 0 Å². The van der Waals surface area contributed by atoms with Gasteiger partial charge in [-0.05, 0) is 49.1 Å². The molecule has 0 bridgehead atoms. The molecule has 0 saturated carbocycles. The summed E-state index contributed by atoms with van der Waals surface area (Å²) in [5.74, 6) is -0.812. The Balaban J connectivity index is 1.45. The van der Waals surface area contributed by atoms with Crippen molar-refractivity contribution in [2.75, 3.05) is 5.73 Å². The first-order chi connectivity index (χ1) is 15.3. The number of benzene rings is 1. The van der Waals surface area contributed by atoms with E-state index >= 15 is 0 Å². The second-order valence-electron chi connectivity index (χ2n) is 7.83. The third-order valence-corrected chi connectivity index (χ3v) is 6.89. The molecule has 2 atom stereocenters. The predicted molar refractivity (Wildman–Crippen MR) is 121 cm³/mol. The Bertz CT molecular complexity index is 1280. The molecule has 3 N–H and O–H groups in total. The van der Waals surface area contributed by atoms with Gasteiger partial charge in [0.15, 0.2) is 0 Å². The molecule has 1 unspecified atom stereocenters. The van der Waals surface area contributed by atoms with Gasteiger partial charge in [-0.1, -0.05) is 27.5 Å². The van der Waals surface area contributed by atoms with Crippen LogP contribution in [0, 0.1) is 11.8 Å². The number of amides is 1. The number of anilines is 1. The van der Waals surface area contributed by atoms with Crippen molar-refractivity contribution in [2.24, 2.45) is 0 Å². The number of carbonyl (C=O) groups excluding carboxylic acids is 1. The van der Waals surface area contributed by atoms with Crippen molar-refractivity contribution < 1.29 is 13.6 Å². The normalized spacial score (nSPS) is 20.4. The number of nitrogens with one attached hydrogen (secondary N) is 1. The molecule has 3 aromatic rings. The molecule has 2 aromatic heterocycles. The second kappa shape index (κ2) is 7.97. The van der Waals surface area contributed by atoms with Crippen molar-refractivity contribution in [3.8, 4) is 11.3 Å². The average molecular weight is 521 g/mol. The highest BCUT2D eigenvalue weighted by Crippen LogP contribution is 2.44. The number of nitrogen functional groups attached to an aromatic ring is 1. The number of pyridine rings is 1. The summed E-state index contributed by atoms with van der Waals surface area (Å²) in [7, 11) is 0. The van der Waals surface area contributed by atoms with E-state index in [0.29, 0.717) is 40.0 Å². The van der Waals surface area contributed by atoms with Gasteiger partial charge in [-0.2, -0.15) is 4.39 Å². The maximum atomic E-state index is 14.7. The Morgan fingerprint density at radius 2 is 2.00 bits per heavy atom. The number of nitrogens with zero attached hydrogens (tertiary/aromatic N) is 3. The van der Waals surface area contributed by atoms with Crippen LogP contribution in [-0.4, -0.2) is 31.8 Å². The summed E-state index contributed by atoms with van der Waals surface area (Å²) in [5.41, 5.74) is 7.06. The van der Waals surface area contributed by atoms with E-state index in [0.717, 1.165) is 6.42 Å². The molecule has 10 heteroatoms. The summed E-state index contributed by atoms with van der Waals surface area (Å²) < 4.78 is 29.4. The number of aromatic nitrogens is 3. The number of hydrogen-bond acceptors (Lipinski definition) is 4. The number of carbonyl (C=O) groups is 1. The van der Waals surface area contributed by atoms with Crippen LogP contribution in [0.2, 0.25) is 5.02 Å². The van der Waals surface area contributed by atoms with E-state index in [9.17, 15) is 13.6 Å². The maximum absolute atomic E-state index is 14.7. The van der Waals surface area contributed by atoms with Crippen LogP contribution in [0.25, 0.3) is 16.8 Å². The highest BCUT2D eigenvalue weighted by atomic mass is 79.9. The van der Waals surface area contributed by atoms with Crippen LogP contribution >= 0.6 is 27.5 Å². The number of aromatic amines is 1. The minimum Gasteiger partial charge on any atom is -0.384 e. The van der Waals surface area contributed by atoms with Crippen LogP contribution in [0.1, 0.15) is 36.7 Å². The lowest BCUT2D eigenvalue weighted by molar-refractivity contribution is -0.129. The van der Waals surface area contributed by atoms with Crippen LogP contribution < -0.4 is 5.73 Å². The molecule has 1 amide bonds. The number of halogens is 4. The van der Waals surface area contributed by atoms with Crippen molar-refractivity contribution in [1.82, 2.24) is 19.9 Å². The maximum Gasteiger partial charge on any atom is 0.247 e. The van der Waals surface area contributed by atoms with Crippen LogP contribution in [0.3, 0.4) is 0 Å².